The van der Waals surface area contributed by atoms with E-state index < -0.39 is 79.9 Å². The van der Waals surface area contributed by atoms with E-state index in [1.807, 2.05) is 81.6 Å². The van der Waals surface area contributed by atoms with E-state index in [2.05, 4.69) is 57.0 Å². The van der Waals surface area contributed by atoms with Crippen LogP contribution < -0.4 is 31.6 Å². The van der Waals surface area contributed by atoms with Crippen molar-refractivity contribution in [3.05, 3.63) is 82.7 Å². The third-order valence-electron chi connectivity index (χ3n) is 13.1. The van der Waals surface area contributed by atoms with E-state index in [0.717, 1.165) is 10.9 Å². The standard InChI is InChI=1S/C46H61B2BrF3N10O9P/c1-28(17-19-61-25-31(22-55-61)47-68-42(3,4)43(5,6)69-47)66-72(64,67-29(2)18-20-62-26-32(23-56-62)48-70-44(7,8)45(9,10)71-48)27-30-13-14-34(36(21-30)65-12)58-41-54-24-33(46(50,51)52)39(60-41)57-35-15-16-37(49)59-38(35)40(63)53-11/h13-16,21-26,28-29H,17-20,27H2,1-12H3,(H,53,63)(H2,54,57,58,60)/t28-,29-/m0/s1. The Morgan fingerprint density at radius 3 is 1.79 bits per heavy atom. The van der Waals surface area contributed by atoms with Crippen molar-refractivity contribution in [3.8, 4) is 5.75 Å². The summed E-state index contributed by atoms with van der Waals surface area (Å²) in [5, 5.41) is 17.0. The van der Waals surface area contributed by atoms with Crippen LogP contribution in [-0.2, 0) is 57.7 Å². The average Bonchev–Trinajstić information content (AvgIpc) is 4.06. The summed E-state index contributed by atoms with van der Waals surface area (Å²) in [5.41, 5.74) is -1.11. The van der Waals surface area contributed by atoms with Crippen molar-refractivity contribution in [1.82, 2.24) is 39.8 Å². The van der Waals surface area contributed by atoms with E-state index in [4.69, 9.17) is 32.4 Å². The number of pyridine rings is 1. The molecule has 7 rings (SSSR count). The lowest BCUT2D eigenvalue weighted by atomic mass is 9.82. The van der Waals surface area contributed by atoms with Gasteiger partial charge < -0.3 is 48.4 Å². The highest BCUT2D eigenvalue weighted by Crippen LogP contribution is 2.55. The molecule has 2 atom stereocenters. The summed E-state index contributed by atoms with van der Waals surface area (Å²) in [6, 6.07) is 7.72. The van der Waals surface area contributed by atoms with Gasteiger partial charge in [0.2, 0.25) is 5.95 Å². The summed E-state index contributed by atoms with van der Waals surface area (Å²) in [6.07, 6.45) is 2.43. The molecule has 1 amide bonds. The Labute approximate surface area is 426 Å². The van der Waals surface area contributed by atoms with Gasteiger partial charge in [0.05, 0.1) is 59.3 Å². The molecule has 6 heterocycles. The van der Waals surface area contributed by atoms with Gasteiger partial charge in [-0.25, -0.2) is 9.97 Å². The van der Waals surface area contributed by atoms with Crippen LogP contribution in [0.3, 0.4) is 0 Å². The number of benzene rings is 1. The van der Waals surface area contributed by atoms with Gasteiger partial charge in [-0.15, -0.1) is 0 Å². The lowest BCUT2D eigenvalue weighted by Gasteiger charge is -2.32. The number of halogens is 4. The Bertz CT molecular complexity index is 2680. The number of anilines is 4. The maximum atomic E-state index is 15.0. The van der Waals surface area contributed by atoms with Crippen LogP contribution in [0, 0.1) is 0 Å². The third kappa shape index (κ3) is 12.7. The first-order chi connectivity index (χ1) is 33.6. The first-order valence-corrected chi connectivity index (χ1v) is 25.9. The van der Waals surface area contributed by atoms with Crippen LogP contribution in [0.25, 0.3) is 0 Å². The Morgan fingerprint density at radius 1 is 0.792 bits per heavy atom. The predicted molar refractivity (Wildman–Crippen MR) is 269 cm³/mol. The molecule has 19 nitrogen and oxygen atoms in total. The van der Waals surface area contributed by atoms with Crippen molar-refractivity contribution in [2.75, 3.05) is 24.8 Å². The number of nitrogens with zero attached hydrogens (tertiary/aromatic N) is 7. The highest BCUT2D eigenvalue weighted by atomic mass is 79.9. The highest BCUT2D eigenvalue weighted by molar-refractivity contribution is 9.10. The first kappa shape index (κ1) is 54.9. The van der Waals surface area contributed by atoms with Crippen molar-refractivity contribution in [3.63, 3.8) is 0 Å². The number of amides is 1. The molecule has 0 unspecified atom stereocenters. The molecule has 0 radical (unpaired) electrons. The van der Waals surface area contributed by atoms with Crippen LogP contribution in [0.5, 0.6) is 5.75 Å². The van der Waals surface area contributed by atoms with Crippen molar-refractivity contribution < 1.29 is 54.9 Å². The second-order valence-corrected chi connectivity index (χ2v) is 22.5. The molecular formula is C46H61B2BrF3N10O9P. The number of hydrogen-bond donors (Lipinski definition) is 3. The van der Waals surface area contributed by atoms with Crippen molar-refractivity contribution >= 4 is 77.7 Å². The Morgan fingerprint density at radius 2 is 1.31 bits per heavy atom. The Balaban J connectivity index is 1.08. The van der Waals surface area contributed by atoms with E-state index in [9.17, 15) is 18.0 Å². The van der Waals surface area contributed by atoms with Gasteiger partial charge in [0.1, 0.15) is 21.7 Å². The summed E-state index contributed by atoms with van der Waals surface area (Å²) in [4.78, 5) is 24.8. The lowest BCUT2D eigenvalue weighted by molar-refractivity contribution is -0.137. The number of alkyl halides is 3. The molecule has 0 bridgehead atoms. The molecule has 4 aromatic heterocycles. The molecule has 2 aliphatic heterocycles. The summed E-state index contributed by atoms with van der Waals surface area (Å²) in [7, 11) is -2.34. The van der Waals surface area contributed by atoms with Gasteiger partial charge in [-0.2, -0.15) is 28.4 Å². The average molecular weight is 1090 g/mol. The largest absolute Gasteiger partial charge is 0.498 e. The van der Waals surface area contributed by atoms with Crippen LogP contribution in [-0.4, -0.2) is 103 Å². The number of carbonyl (C=O) groups excluding carboxylic acids is 1. The summed E-state index contributed by atoms with van der Waals surface area (Å²) < 4.78 is 105. The van der Waals surface area contributed by atoms with E-state index in [-0.39, 0.29) is 34.9 Å². The molecule has 0 saturated carbocycles. The number of rotatable bonds is 20. The number of aryl methyl sites for hydroxylation is 2. The van der Waals surface area contributed by atoms with Gasteiger partial charge in [-0.1, -0.05) is 6.07 Å². The molecular weight excluding hydrogens is 1030 g/mol. The predicted octanol–water partition coefficient (Wildman–Crippen LogP) is 8.18. The first-order valence-electron chi connectivity index (χ1n) is 23.4. The van der Waals surface area contributed by atoms with Crippen LogP contribution in [0.2, 0.25) is 0 Å². The second-order valence-electron chi connectivity index (χ2n) is 19.8. The van der Waals surface area contributed by atoms with Gasteiger partial charge in [-0.05, 0) is 128 Å². The molecule has 2 saturated heterocycles. The molecule has 1 aromatic carbocycles. The fourth-order valence-electron chi connectivity index (χ4n) is 7.57. The number of carbonyl (C=O) groups is 1. The van der Waals surface area contributed by atoms with Crippen molar-refractivity contribution in [2.45, 2.75) is 142 Å². The molecule has 26 heteroatoms. The Hall–Kier alpha value is -4.87. The SMILES string of the molecule is CNC(=O)c1nc(Br)ccc1Nc1nc(Nc2ccc(CP(=O)(O[C@@H](C)CCn3cc(B4OC(C)(C)C(C)(C)O4)cn3)O[C@@H](C)CCn3cc(B4OC(C)(C)C(C)(C)O4)cn3)cc2OC)ncc1C(F)(F)F. The van der Waals surface area contributed by atoms with E-state index >= 15 is 4.57 Å². The maximum Gasteiger partial charge on any atom is 0.498 e. The number of hydrogen-bond acceptors (Lipinski definition) is 16. The molecule has 72 heavy (non-hydrogen) atoms. The van der Waals surface area contributed by atoms with Crippen LogP contribution in [0.15, 0.2) is 65.9 Å². The van der Waals surface area contributed by atoms with Crippen molar-refractivity contribution in [2.24, 2.45) is 0 Å². The monoisotopic (exact) mass is 1090 g/mol. The maximum absolute atomic E-state index is 15.0. The van der Waals surface area contributed by atoms with Gasteiger partial charge in [0, 0.05) is 62.0 Å². The topological polar surface area (TPSA) is 209 Å². The van der Waals surface area contributed by atoms with Gasteiger partial charge in [0.15, 0.2) is 5.69 Å². The molecule has 388 valence electrons. The molecule has 0 aliphatic carbocycles. The molecule has 0 spiro atoms. The summed E-state index contributed by atoms with van der Waals surface area (Å²) in [5.74, 6) is -1.29. The van der Waals surface area contributed by atoms with Crippen LogP contribution in [0.4, 0.5) is 36.3 Å². The fraction of sp³-hybridized carbons (Fsp3) is 0.522. The van der Waals surface area contributed by atoms with Crippen LogP contribution in [0.1, 0.15) is 104 Å². The number of aromatic nitrogens is 7. The quantitative estimate of drug-likeness (QED) is 0.0381. The molecule has 2 aliphatic rings. The van der Waals surface area contributed by atoms with Gasteiger partial charge in [0.25, 0.3) is 5.91 Å². The zero-order chi connectivity index (χ0) is 52.6. The zero-order valence-corrected chi connectivity index (χ0v) is 44.9. The van der Waals surface area contributed by atoms with Crippen LogP contribution >= 0.6 is 23.5 Å². The molecule has 3 N–H and O–H groups in total. The zero-order valence-electron chi connectivity index (χ0n) is 42.4. The van der Waals surface area contributed by atoms with E-state index in [1.54, 1.807) is 40.0 Å². The number of nitrogens with one attached hydrogen (secondary N) is 3. The Kier molecular flexibility index (Phi) is 16.1. The van der Waals surface area contributed by atoms with Gasteiger partial charge >= 0.3 is 28.0 Å². The van der Waals surface area contributed by atoms with Gasteiger partial charge in [-0.3, -0.25) is 18.7 Å². The smallest absolute Gasteiger partial charge is 0.495 e. The van der Waals surface area contributed by atoms with E-state index in [1.165, 1.54) is 26.3 Å². The summed E-state index contributed by atoms with van der Waals surface area (Å²) >= 11 is 3.19. The highest BCUT2D eigenvalue weighted by Gasteiger charge is 2.53. The lowest BCUT2D eigenvalue weighted by Crippen LogP contribution is -2.41. The second kappa shape index (κ2) is 21.2. The molecule has 5 aromatic rings. The minimum Gasteiger partial charge on any atom is -0.495 e. The minimum absolute atomic E-state index is 0.0333. The van der Waals surface area contributed by atoms with Crippen molar-refractivity contribution in [1.29, 1.82) is 0 Å². The summed E-state index contributed by atoms with van der Waals surface area (Å²) in [6.45, 7) is 20.4. The third-order valence-corrected chi connectivity index (χ3v) is 15.7. The minimum atomic E-state index is -4.86. The molecule has 2 fully saturated rings. The normalized spacial score (nSPS) is 18.0. The number of methoxy groups -OCH3 is 1. The fourth-order valence-corrected chi connectivity index (χ4v) is 10.0. The number of ether oxygens (including phenoxy) is 1. The van der Waals surface area contributed by atoms with E-state index in [0.29, 0.717) is 42.3 Å².